The minimum Gasteiger partial charge on any atom is -0.459 e. The monoisotopic (exact) mass is 471 g/mol. The maximum atomic E-state index is 13.9. The standard InChI is InChI=1S/C31H25N3O2/c1-21-32-28-16-15-24(18-29(28)33-21)31(35)34(20-26-17-23-11-6-8-14-30(23)36-26)19-25-12-5-7-13-27(25)22-9-3-2-4-10-22/h2-18H,19-20H2,1H3,(H,32,33). The SMILES string of the molecule is Cc1nc2ccc(C(=O)N(Cc3cc4ccccc4o3)Cc3ccccc3-c3ccccc3)cc2[nH]1. The van der Waals surface area contributed by atoms with Crippen molar-refractivity contribution in [3.8, 4) is 11.1 Å². The highest BCUT2D eigenvalue weighted by atomic mass is 16.3. The number of carbonyl (C=O) groups is 1. The number of nitrogens with one attached hydrogen (secondary N) is 1. The number of rotatable bonds is 6. The van der Waals surface area contributed by atoms with E-state index in [1.165, 1.54) is 0 Å². The molecule has 4 aromatic carbocycles. The van der Waals surface area contributed by atoms with Crippen molar-refractivity contribution in [2.75, 3.05) is 0 Å². The van der Waals surface area contributed by atoms with Gasteiger partial charge in [-0.15, -0.1) is 0 Å². The molecule has 36 heavy (non-hydrogen) atoms. The minimum atomic E-state index is -0.0625. The van der Waals surface area contributed by atoms with Crippen LogP contribution in [0.5, 0.6) is 0 Å². The molecule has 5 nitrogen and oxygen atoms in total. The number of benzene rings is 4. The molecular formula is C31H25N3O2. The van der Waals surface area contributed by atoms with Crippen molar-refractivity contribution in [2.24, 2.45) is 0 Å². The van der Waals surface area contributed by atoms with Crippen LogP contribution >= 0.6 is 0 Å². The quantitative estimate of drug-likeness (QED) is 0.281. The third-order valence-electron chi connectivity index (χ3n) is 6.42. The Morgan fingerprint density at radius 3 is 2.50 bits per heavy atom. The molecule has 0 aliphatic heterocycles. The minimum absolute atomic E-state index is 0.0625. The summed E-state index contributed by atoms with van der Waals surface area (Å²) >= 11 is 0. The lowest BCUT2D eigenvalue weighted by Crippen LogP contribution is -2.30. The van der Waals surface area contributed by atoms with E-state index < -0.39 is 0 Å². The molecule has 0 aliphatic rings. The molecule has 176 valence electrons. The molecule has 2 heterocycles. The lowest BCUT2D eigenvalue weighted by molar-refractivity contribution is 0.0719. The van der Waals surface area contributed by atoms with Crippen LogP contribution in [0.25, 0.3) is 33.1 Å². The molecule has 6 aromatic rings. The van der Waals surface area contributed by atoms with Crippen molar-refractivity contribution in [1.82, 2.24) is 14.9 Å². The van der Waals surface area contributed by atoms with E-state index in [1.54, 1.807) is 0 Å². The summed E-state index contributed by atoms with van der Waals surface area (Å²) in [7, 11) is 0. The normalized spacial score (nSPS) is 11.2. The molecule has 0 radical (unpaired) electrons. The van der Waals surface area contributed by atoms with Gasteiger partial charge in [0, 0.05) is 17.5 Å². The third-order valence-corrected chi connectivity index (χ3v) is 6.42. The Morgan fingerprint density at radius 2 is 1.64 bits per heavy atom. The largest absolute Gasteiger partial charge is 0.459 e. The average Bonchev–Trinajstić information content (AvgIpc) is 3.50. The van der Waals surface area contributed by atoms with Gasteiger partial charge in [-0.25, -0.2) is 4.98 Å². The molecule has 0 spiro atoms. The second-order valence-electron chi connectivity index (χ2n) is 8.99. The topological polar surface area (TPSA) is 62.1 Å². The van der Waals surface area contributed by atoms with Crippen LogP contribution in [0, 0.1) is 6.92 Å². The van der Waals surface area contributed by atoms with E-state index >= 15 is 0 Å². The Bertz CT molecular complexity index is 1650. The summed E-state index contributed by atoms with van der Waals surface area (Å²) in [4.78, 5) is 23.5. The number of para-hydroxylation sites is 1. The van der Waals surface area contributed by atoms with Gasteiger partial charge in [0.05, 0.1) is 17.6 Å². The van der Waals surface area contributed by atoms with E-state index in [1.807, 2.05) is 90.7 Å². The molecule has 5 heteroatoms. The Hall–Kier alpha value is -4.64. The molecule has 0 fully saturated rings. The predicted molar refractivity (Wildman–Crippen MR) is 143 cm³/mol. The Balaban J connectivity index is 1.39. The highest BCUT2D eigenvalue weighted by molar-refractivity contribution is 5.97. The van der Waals surface area contributed by atoms with Gasteiger partial charge in [-0.05, 0) is 53.9 Å². The molecule has 0 bridgehead atoms. The Kier molecular flexibility index (Phi) is 5.58. The van der Waals surface area contributed by atoms with Crippen LogP contribution in [-0.4, -0.2) is 20.8 Å². The maximum Gasteiger partial charge on any atom is 0.254 e. The third kappa shape index (κ3) is 4.27. The first-order valence-corrected chi connectivity index (χ1v) is 12.0. The number of furan rings is 1. The second-order valence-corrected chi connectivity index (χ2v) is 8.99. The van der Waals surface area contributed by atoms with Crippen LogP contribution in [-0.2, 0) is 13.1 Å². The van der Waals surface area contributed by atoms with Crippen LogP contribution in [0.2, 0.25) is 0 Å². The fourth-order valence-corrected chi connectivity index (χ4v) is 4.72. The van der Waals surface area contributed by atoms with E-state index in [9.17, 15) is 4.79 Å². The molecule has 0 atom stereocenters. The van der Waals surface area contributed by atoms with Crippen molar-refractivity contribution < 1.29 is 9.21 Å². The number of aromatic amines is 1. The van der Waals surface area contributed by atoms with E-state index in [-0.39, 0.29) is 5.91 Å². The summed E-state index contributed by atoms with van der Waals surface area (Å²) in [5.74, 6) is 1.51. The summed E-state index contributed by atoms with van der Waals surface area (Å²) in [6.45, 7) is 2.72. The number of nitrogens with zero attached hydrogens (tertiary/aromatic N) is 2. The van der Waals surface area contributed by atoms with Gasteiger partial charge in [0.15, 0.2) is 0 Å². The molecule has 1 N–H and O–H groups in total. The molecule has 0 aliphatic carbocycles. The first-order valence-electron chi connectivity index (χ1n) is 12.0. The Labute approximate surface area is 209 Å². The molecule has 6 rings (SSSR count). The second kappa shape index (κ2) is 9.19. The van der Waals surface area contributed by atoms with Crippen molar-refractivity contribution >= 4 is 27.9 Å². The fraction of sp³-hybridized carbons (Fsp3) is 0.0968. The summed E-state index contributed by atoms with van der Waals surface area (Å²) < 4.78 is 6.10. The number of aryl methyl sites for hydroxylation is 1. The van der Waals surface area contributed by atoms with Gasteiger partial charge in [0.1, 0.15) is 17.2 Å². The van der Waals surface area contributed by atoms with Gasteiger partial charge in [-0.3, -0.25) is 4.79 Å². The van der Waals surface area contributed by atoms with Crippen LogP contribution in [0.3, 0.4) is 0 Å². The fourth-order valence-electron chi connectivity index (χ4n) is 4.72. The molecule has 1 amide bonds. The van der Waals surface area contributed by atoms with Gasteiger partial charge in [-0.2, -0.15) is 0 Å². The highest BCUT2D eigenvalue weighted by Crippen LogP contribution is 2.27. The van der Waals surface area contributed by atoms with Crippen molar-refractivity contribution in [1.29, 1.82) is 0 Å². The van der Waals surface area contributed by atoms with E-state index in [2.05, 4.69) is 34.2 Å². The molecule has 0 saturated carbocycles. The van der Waals surface area contributed by atoms with E-state index in [0.717, 1.165) is 50.3 Å². The number of amides is 1. The first-order chi connectivity index (χ1) is 17.6. The summed E-state index contributed by atoms with van der Waals surface area (Å²) in [5.41, 5.74) is 6.44. The van der Waals surface area contributed by atoms with Crippen molar-refractivity contribution in [3.05, 3.63) is 126 Å². The smallest absolute Gasteiger partial charge is 0.254 e. The predicted octanol–water partition coefficient (Wildman–Crippen LogP) is 7.13. The average molecular weight is 472 g/mol. The zero-order valence-electron chi connectivity index (χ0n) is 19.9. The molecular weight excluding hydrogens is 446 g/mol. The number of hydrogen-bond acceptors (Lipinski definition) is 3. The van der Waals surface area contributed by atoms with Crippen LogP contribution in [0.15, 0.2) is 108 Å². The number of aromatic nitrogens is 2. The lowest BCUT2D eigenvalue weighted by Gasteiger charge is -2.23. The van der Waals surface area contributed by atoms with Crippen LogP contribution < -0.4 is 0 Å². The zero-order chi connectivity index (χ0) is 24.5. The number of carbonyl (C=O) groups excluding carboxylic acids is 1. The summed E-state index contributed by atoms with van der Waals surface area (Å²) in [6.07, 6.45) is 0. The molecule has 2 aromatic heterocycles. The highest BCUT2D eigenvalue weighted by Gasteiger charge is 2.21. The van der Waals surface area contributed by atoms with Crippen LogP contribution in [0.4, 0.5) is 0 Å². The number of fused-ring (bicyclic) bond motifs is 2. The summed E-state index contributed by atoms with van der Waals surface area (Å²) in [6, 6.07) is 34.1. The van der Waals surface area contributed by atoms with Gasteiger partial charge in [0.2, 0.25) is 0 Å². The Morgan fingerprint density at radius 1 is 0.861 bits per heavy atom. The first kappa shape index (κ1) is 21.9. The molecule has 0 unspecified atom stereocenters. The van der Waals surface area contributed by atoms with Crippen molar-refractivity contribution in [3.63, 3.8) is 0 Å². The number of hydrogen-bond donors (Lipinski definition) is 1. The van der Waals surface area contributed by atoms with Gasteiger partial charge in [0.25, 0.3) is 5.91 Å². The number of imidazole rings is 1. The van der Waals surface area contributed by atoms with Crippen LogP contribution in [0.1, 0.15) is 27.5 Å². The van der Waals surface area contributed by atoms with Gasteiger partial charge >= 0.3 is 0 Å². The summed E-state index contributed by atoms with van der Waals surface area (Å²) in [5, 5.41) is 1.03. The van der Waals surface area contributed by atoms with Gasteiger partial charge < -0.3 is 14.3 Å². The van der Waals surface area contributed by atoms with Crippen molar-refractivity contribution in [2.45, 2.75) is 20.0 Å². The maximum absolute atomic E-state index is 13.9. The molecule has 0 saturated heterocycles. The zero-order valence-corrected chi connectivity index (χ0v) is 19.9. The lowest BCUT2D eigenvalue weighted by atomic mass is 9.99. The number of H-pyrrole nitrogens is 1. The van der Waals surface area contributed by atoms with E-state index in [4.69, 9.17) is 4.42 Å². The van der Waals surface area contributed by atoms with E-state index in [0.29, 0.717) is 18.7 Å². The van der Waals surface area contributed by atoms with Gasteiger partial charge in [-0.1, -0.05) is 72.8 Å².